The average molecular weight is 328 g/mol. The van der Waals surface area contributed by atoms with Gasteiger partial charge in [-0.05, 0) is 25.0 Å². The Bertz CT molecular complexity index is 598. The standard InChI is InChI=1S/C18H24N4O2/c1-2-8-20-11-12-22(17(23)15-6-5-7-19-13-15)16(14-20)18(24)21-9-3-4-10-21/h2,5-7,13,16H,1,3-4,8-12,14H2. The third-order valence-corrected chi connectivity index (χ3v) is 4.72. The van der Waals surface area contributed by atoms with Gasteiger partial charge in [0.15, 0.2) is 0 Å². The maximum Gasteiger partial charge on any atom is 0.256 e. The van der Waals surface area contributed by atoms with Crippen molar-refractivity contribution < 1.29 is 9.59 Å². The highest BCUT2D eigenvalue weighted by Crippen LogP contribution is 2.18. The van der Waals surface area contributed by atoms with Crippen LogP contribution in [0.5, 0.6) is 0 Å². The molecular weight excluding hydrogens is 304 g/mol. The van der Waals surface area contributed by atoms with E-state index in [-0.39, 0.29) is 11.8 Å². The number of pyridine rings is 1. The van der Waals surface area contributed by atoms with Crippen LogP contribution in [0, 0.1) is 0 Å². The van der Waals surface area contributed by atoms with Gasteiger partial charge in [-0.15, -0.1) is 6.58 Å². The summed E-state index contributed by atoms with van der Waals surface area (Å²) in [6.45, 7) is 7.97. The summed E-state index contributed by atoms with van der Waals surface area (Å²) in [6.07, 6.45) is 7.15. The number of likely N-dealkylation sites (tertiary alicyclic amines) is 1. The Labute approximate surface area is 142 Å². The molecule has 24 heavy (non-hydrogen) atoms. The largest absolute Gasteiger partial charge is 0.341 e. The van der Waals surface area contributed by atoms with Crippen LogP contribution in [0.25, 0.3) is 0 Å². The smallest absolute Gasteiger partial charge is 0.256 e. The lowest BCUT2D eigenvalue weighted by molar-refractivity contribution is -0.137. The number of nitrogens with zero attached hydrogens (tertiary/aromatic N) is 4. The van der Waals surface area contributed by atoms with Gasteiger partial charge in [-0.2, -0.15) is 0 Å². The van der Waals surface area contributed by atoms with Crippen LogP contribution in [0.4, 0.5) is 0 Å². The van der Waals surface area contributed by atoms with Crippen molar-refractivity contribution in [2.45, 2.75) is 18.9 Å². The van der Waals surface area contributed by atoms with Gasteiger partial charge >= 0.3 is 0 Å². The van der Waals surface area contributed by atoms with Crippen LogP contribution in [0.15, 0.2) is 37.2 Å². The van der Waals surface area contributed by atoms with E-state index in [1.807, 2.05) is 11.0 Å². The lowest BCUT2D eigenvalue weighted by Crippen LogP contribution is -2.60. The van der Waals surface area contributed by atoms with E-state index in [0.29, 0.717) is 18.7 Å². The van der Waals surface area contributed by atoms with E-state index >= 15 is 0 Å². The summed E-state index contributed by atoms with van der Waals surface area (Å²) in [5, 5.41) is 0. The molecule has 1 aromatic rings. The van der Waals surface area contributed by atoms with Gasteiger partial charge in [-0.1, -0.05) is 6.08 Å². The molecule has 0 spiro atoms. The van der Waals surface area contributed by atoms with Gasteiger partial charge in [-0.3, -0.25) is 19.5 Å². The maximum absolute atomic E-state index is 13.0. The minimum Gasteiger partial charge on any atom is -0.341 e. The van der Waals surface area contributed by atoms with Gasteiger partial charge in [0.05, 0.1) is 5.56 Å². The lowest BCUT2D eigenvalue weighted by Gasteiger charge is -2.41. The highest BCUT2D eigenvalue weighted by Gasteiger charge is 2.38. The van der Waals surface area contributed by atoms with Crippen molar-refractivity contribution in [2.75, 3.05) is 39.3 Å². The Morgan fingerprint density at radius 1 is 1.25 bits per heavy atom. The number of carbonyl (C=O) groups excluding carboxylic acids is 2. The number of rotatable bonds is 4. The molecular formula is C18H24N4O2. The van der Waals surface area contributed by atoms with Crippen LogP contribution in [0.3, 0.4) is 0 Å². The fraction of sp³-hybridized carbons (Fsp3) is 0.500. The minimum atomic E-state index is -0.426. The zero-order valence-corrected chi connectivity index (χ0v) is 13.9. The number of carbonyl (C=O) groups is 2. The van der Waals surface area contributed by atoms with Crippen molar-refractivity contribution in [1.29, 1.82) is 0 Å². The molecule has 2 saturated heterocycles. The Balaban J connectivity index is 1.80. The summed E-state index contributed by atoms with van der Waals surface area (Å²) in [5.41, 5.74) is 0.536. The first-order valence-electron chi connectivity index (χ1n) is 8.53. The summed E-state index contributed by atoms with van der Waals surface area (Å²) >= 11 is 0. The van der Waals surface area contributed by atoms with Crippen LogP contribution in [-0.4, -0.2) is 76.8 Å². The second kappa shape index (κ2) is 7.57. The highest BCUT2D eigenvalue weighted by molar-refractivity contribution is 5.97. The Morgan fingerprint density at radius 2 is 2.04 bits per heavy atom. The first-order valence-corrected chi connectivity index (χ1v) is 8.53. The number of amides is 2. The van der Waals surface area contributed by atoms with Crippen LogP contribution in [0.1, 0.15) is 23.2 Å². The molecule has 6 heteroatoms. The monoisotopic (exact) mass is 328 g/mol. The van der Waals surface area contributed by atoms with Crippen molar-refractivity contribution in [2.24, 2.45) is 0 Å². The van der Waals surface area contributed by atoms with Crippen molar-refractivity contribution in [1.82, 2.24) is 19.7 Å². The molecule has 1 unspecified atom stereocenters. The molecule has 2 aliphatic heterocycles. The molecule has 128 valence electrons. The van der Waals surface area contributed by atoms with Crippen molar-refractivity contribution in [3.8, 4) is 0 Å². The fourth-order valence-electron chi connectivity index (χ4n) is 3.45. The Hall–Kier alpha value is -2.21. The SMILES string of the molecule is C=CCN1CCN(C(=O)c2cccnc2)C(C(=O)N2CCCC2)C1. The normalized spacial score (nSPS) is 21.8. The van der Waals surface area contributed by atoms with Gasteiger partial charge in [0.1, 0.15) is 6.04 Å². The molecule has 0 radical (unpaired) electrons. The topological polar surface area (TPSA) is 56.8 Å². The molecule has 3 heterocycles. The summed E-state index contributed by atoms with van der Waals surface area (Å²) in [4.78, 5) is 35.6. The predicted octanol–water partition coefficient (Wildman–Crippen LogP) is 1.02. The number of hydrogen-bond donors (Lipinski definition) is 0. The predicted molar refractivity (Wildman–Crippen MR) is 91.5 cm³/mol. The maximum atomic E-state index is 13.0. The summed E-state index contributed by atoms with van der Waals surface area (Å²) in [7, 11) is 0. The Morgan fingerprint density at radius 3 is 2.71 bits per heavy atom. The van der Waals surface area contributed by atoms with E-state index in [4.69, 9.17) is 0 Å². The molecule has 0 saturated carbocycles. The van der Waals surface area contributed by atoms with E-state index in [1.54, 1.807) is 29.4 Å². The van der Waals surface area contributed by atoms with Gasteiger partial charge in [-0.25, -0.2) is 0 Å². The van der Waals surface area contributed by atoms with E-state index in [2.05, 4.69) is 16.5 Å². The average Bonchev–Trinajstić information content (AvgIpc) is 3.16. The minimum absolute atomic E-state index is 0.0681. The molecule has 2 aliphatic rings. The molecule has 0 bridgehead atoms. The molecule has 1 aromatic heterocycles. The molecule has 2 amide bonds. The molecule has 0 N–H and O–H groups in total. The number of aromatic nitrogens is 1. The van der Waals surface area contributed by atoms with Crippen molar-refractivity contribution in [3.05, 3.63) is 42.7 Å². The van der Waals surface area contributed by atoms with Gasteiger partial charge in [0, 0.05) is 51.7 Å². The van der Waals surface area contributed by atoms with Crippen LogP contribution >= 0.6 is 0 Å². The van der Waals surface area contributed by atoms with Crippen molar-refractivity contribution >= 4 is 11.8 Å². The van der Waals surface area contributed by atoms with Crippen LogP contribution < -0.4 is 0 Å². The van der Waals surface area contributed by atoms with Gasteiger partial charge < -0.3 is 9.80 Å². The van der Waals surface area contributed by atoms with Crippen LogP contribution in [-0.2, 0) is 4.79 Å². The van der Waals surface area contributed by atoms with E-state index < -0.39 is 6.04 Å². The molecule has 3 rings (SSSR count). The summed E-state index contributed by atoms with van der Waals surface area (Å²) < 4.78 is 0. The second-order valence-electron chi connectivity index (χ2n) is 6.34. The van der Waals surface area contributed by atoms with E-state index in [0.717, 1.165) is 39.0 Å². The number of hydrogen-bond acceptors (Lipinski definition) is 4. The van der Waals surface area contributed by atoms with Gasteiger partial charge in [0.2, 0.25) is 5.91 Å². The van der Waals surface area contributed by atoms with Crippen molar-refractivity contribution in [3.63, 3.8) is 0 Å². The first kappa shape index (κ1) is 16.6. The van der Waals surface area contributed by atoms with E-state index in [9.17, 15) is 9.59 Å². The molecule has 6 nitrogen and oxygen atoms in total. The molecule has 0 aromatic carbocycles. The quantitative estimate of drug-likeness (QED) is 0.774. The highest BCUT2D eigenvalue weighted by atomic mass is 16.2. The molecule has 0 aliphatic carbocycles. The zero-order chi connectivity index (χ0) is 16.9. The third kappa shape index (κ3) is 3.48. The lowest BCUT2D eigenvalue weighted by atomic mass is 10.1. The second-order valence-corrected chi connectivity index (χ2v) is 6.34. The van der Waals surface area contributed by atoms with Gasteiger partial charge in [0.25, 0.3) is 5.91 Å². The zero-order valence-electron chi connectivity index (χ0n) is 13.9. The molecule has 1 atom stereocenters. The Kier molecular flexibility index (Phi) is 5.25. The van der Waals surface area contributed by atoms with Crippen LogP contribution in [0.2, 0.25) is 0 Å². The van der Waals surface area contributed by atoms with E-state index in [1.165, 1.54) is 0 Å². The number of piperazine rings is 1. The summed E-state index contributed by atoms with van der Waals surface area (Å²) in [6, 6.07) is 3.07. The fourth-order valence-corrected chi connectivity index (χ4v) is 3.45. The first-order chi connectivity index (χ1) is 11.7. The molecule has 2 fully saturated rings. The third-order valence-electron chi connectivity index (χ3n) is 4.72. The summed E-state index contributed by atoms with van der Waals surface area (Å²) in [5.74, 6) is -0.0441.